The highest BCUT2D eigenvalue weighted by Gasteiger charge is 2.23. The maximum Gasteiger partial charge on any atom is 0.0449 e. The van der Waals surface area contributed by atoms with Gasteiger partial charge in [0.15, 0.2) is 0 Å². The third-order valence-corrected chi connectivity index (χ3v) is 6.17. The lowest BCUT2D eigenvalue weighted by molar-refractivity contribution is 1.33. The molecule has 0 atom stereocenters. The van der Waals surface area contributed by atoms with E-state index in [2.05, 4.69) is 82.8 Å². The van der Waals surface area contributed by atoms with E-state index in [0.717, 1.165) is 11.1 Å². The molecule has 0 unspecified atom stereocenters. The molecular weight excluding hydrogens is 372 g/mol. The topological polar surface area (TPSA) is 25.8 Å². The van der Waals surface area contributed by atoms with Crippen LogP contribution in [0.1, 0.15) is 0 Å². The van der Waals surface area contributed by atoms with Gasteiger partial charge in [-0.3, -0.25) is 9.97 Å². The summed E-state index contributed by atoms with van der Waals surface area (Å²) >= 11 is 1.80. The molecule has 0 aliphatic heterocycles. The Balaban J connectivity index is 1.89. The van der Waals surface area contributed by atoms with Crippen molar-refractivity contribution in [1.29, 1.82) is 0 Å². The zero-order chi connectivity index (χ0) is 19.5. The SMILES string of the molecule is c1ccc(-c2c(-c3cccnc3)sc(-c3cccnc3)c2-c2ccccc2)cc1. The number of thiophene rings is 1. The number of benzene rings is 2. The Morgan fingerprint density at radius 1 is 0.448 bits per heavy atom. The van der Waals surface area contributed by atoms with Crippen molar-refractivity contribution < 1.29 is 0 Å². The first-order valence-electron chi connectivity index (χ1n) is 9.50. The van der Waals surface area contributed by atoms with Crippen molar-refractivity contribution >= 4 is 11.3 Å². The van der Waals surface area contributed by atoms with Crippen LogP contribution in [0.15, 0.2) is 110 Å². The van der Waals surface area contributed by atoms with Crippen LogP contribution < -0.4 is 0 Å². The molecule has 0 fully saturated rings. The predicted molar refractivity (Wildman–Crippen MR) is 122 cm³/mol. The lowest BCUT2D eigenvalue weighted by Crippen LogP contribution is -1.86. The van der Waals surface area contributed by atoms with Gasteiger partial charge in [0.05, 0.1) is 0 Å². The minimum Gasteiger partial charge on any atom is -0.264 e. The molecule has 2 nitrogen and oxygen atoms in total. The van der Waals surface area contributed by atoms with E-state index in [4.69, 9.17) is 0 Å². The van der Waals surface area contributed by atoms with Gasteiger partial charge in [-0.05, 0) is 23.3 Å². The van der Waals surface area contributed by atoms with E-state index in [0.29, 0.717) is 0 Å². The number of nitrogens with zero attached hydrogens (tertiary/aromatic N) is 2. The van der Waals surface area contributed by atoms with E-state index in [1.54, 1.807) is 11.3 Å². The summed E-state index contributed by atoms with van der Waals surface area (Å²) in [4.78, 5) is 11.2. The monoisotopic (exact) mass is 390 g/mol. The summed E-state index contributed by atoms with van der Waals surface area (Å²) in [6.45, 7) is 0. The molecule has 0 spiro atoms. The first kappa shape index (κ1) is 17.5. The van der Waals surface area contributed by atoms with E-state index in [1.165, 1.54) is 32.0 Å². The molecule has 5 rings (SSSR count). The third kappa shape index (κ3) is 3.37. The molecule has 3 heterocycles. The van der Waals surface area contributed by atoms with Gasteiger partial charge in [-0.25, -0.2) is 0 Å². The van der Waals surface area contributed by atoms with Gasteiger partial charge in [-0.2, -0.15) is 0 Å². The van der Waals surface area contributed by atoms with Gasteiger partial charge in [-0.15, -0.1) is 11.3 Å². The smallest absolute Gasteiger partial charge is 0.0449 e. The van der Waals surface area contributed by atoms with Crippen molar-refractivity contribution in [3.8, 4) is 43.1 Å². The molecule has 29 heavy (non-hydrogen) atoms. The second-order valence-corrected chi connectivity index (χ2v) is 7.75. The maximum absolute atomic E-state index is 4.37. The minimum absolute atomic E-state index is 1.13. The summed E-state index contributed by atoms with van der Waals surface area (Å²) < 4.78 is 0. The molecule has 5 aromatic rings. The molecule has 0 aliphatic rings. The van der Waals surface area contributed by atoms with E-state index in [1.807, 2.05) is 36.9 Å². The summed E-state index contributed by atoms with van der Waals surface area (Å²) in [7, 11) is 0. The van der Waals surface area contributed by atoms with Crippen LogP contribution in [0.3, 0.4) is 0 Å². The van der Waals surface area contributed by atoms with Crippen LogP contribution in [0.5, 0.6) is 0 Å². The number of hydrogen-bond donors (Lipinski definition) is 0. The van der Waals surface area contributed by atoms with E-state index in [-0.39, 0.29) is 0 Å². The Bertz CT molecular complexity index is 1120. The average molecular weight is 391 g/mol. The van der Waals surface area contributed by atoms with Crippen LogP contribution in [-0.4, -0.2) is 9.97 Å². The molecule has 138 valence electrons. The Morgan fingerprint density at radius 3 is 1.24 bits per heavy atom. The quantitative estimate of drug-likeness (QED) is 0.324. The fourth-order valence-corrected chi connectivity index (χ4v) is 4.92. The van der Waals surface area contributed by atoms with Crippen LogP contribution in [0.25, 0.3) is 43.1 Å². The standard InChI is InChI=1S/C26H18N2S/c1-3-9-19(10-4-1)23-24(20-11-5-2-6-12-20)26(22-14-8-16-28-18-22)29-25(23)21-13-7-15-27-17-21/h1-18H. The van der Waals surface area contributed by atoms with Crippen molar-refractivity contribution in [1.82, 2.24) is 9.97 Å². The fraction of sp³-hybridized carbons (Fsp3) is 0. The second kappa shape index (κ2) is 7.82. The van der Waals surface area contributed by atoms with E-state index >= 15 is 0 Å². The van der Waals surface area contributed by atoms with Gasteiger partial charge in [-0.1, -0.05) is 72.8 Å². The largest absolute Gasteiger partial charge is 0.264 e. The molecule has 3 heteroatoms. The minimum atomic E-state index is 1.13. The summed E-state index contributed by atoms with van der Waals surface area (Å²) in [6, 6.07) is 29.5. The number of pyridine rings is 2. The van der Waals surface area contributed by atoms with Crippen LogP contribution in [0.2, 0.25) is 0 Å². The van der Waals surface area contributed by atoms with Crippen LogP contribution >= 0.6 is 11.3 Å². The van der Waals surface area contributed by atoms with Gasteiger partial charge < -0.3 is 0 Å². The lowest BCUT2D eigenvalue weighted by atomic mass is 9.92. The normalized spacial score (nSPS) is 10.8. The van der Waals surface area contributed by atoms with Gasteiger partial charge in [0.25, 0.3) is 0 Å². The first-order valence-corrected chi connectivity index (χ1v) is 10.3. The van der Waals surface area contributed by atoms with Crippen LogP contribution in [0.4, 0.5) is 0 Å². The van der Waals surface area contributed by atoms with Gasteiger partial charge >= 0.3 is 0 Å². The highest BCUT2D eigenvalue weighted by atomic mass is 32.1. The van der Waals surface area contributed by atoms with Crippen molar-refractivity contribution in [2.75, 3.05) is 0 Å². The maximum atomic E-state index is 4.37. The Hall–Kier alpha value is -3.56. The zero-order valence-electron chi connectivity index (χ0n) is 15.7. The summed E-state index contributed by atoms with van der Waals surface area (Å²) in [6.07, 6.45) is 7.53. The Labute approximate surface area is 174 Å². The van der Waals surface area contributed by atoms with E-state index < -0.39 is 0 Å². The van der Waals surface area contributed by atoms with Crippen molar-refractivity contribution in [3.63, 3.8) is 0 Å². The predicted octanol–water partition coefficient (Wildman–Crippen LogP) is 7.21. The van der Waals surface area contributed by atoms with Gasteiger partial charge in [0.1, 0.15) is 0 Å². The molecule has 0 amide bonds. The molecule has 2 aromatic carbocycles. The highest BCUT2D eigenvalue weighted by molar-refractivity contribution is 7.20. The zero-order valence-corrected chi connectivity index (χ0v) is 16.5. The van der Waals surface area contributed by atoms with Gasteiger partial charge in [0.2, 0.25) is 0 Å². The number of rotatable bonds is 4. The second-order valence-electron chi connectivity index (χ2n) is 6.73. The van der Waals surface area contributed by atoms with Crippen LogP contribution in [0, 0.1) is 0 Å². The Morgan fingerprint density at radius 2 is 0.862 bits per heavy atom. The molecule has 0 radical (unpaired) electrons. The van der Waals surface area contributed by atoms with Crippen LogP contribution in [-0.2, 0) is 0 Å². The number of hydrogen-bond acceptors (Lipinski definition) is 3. The average Bonchev–Trinajstić information content (AvgIpc) is 3.22. The number of aromatic nitrogens is 2. The molecule has 0 saturated heterocycles. The first-order chi connectivity index (χ1) is 14.4. The van der Waals surface area contributed by atoms with Crippen molar-refractivity contribution in [3.05, 3.63) is 110 Å². The van der Waals surface area contributed by atoms with Crippen molar-refractivity contribution in [2.45, 2.75) is 0 Å². The molecule has 0 saturated carbocycles. The molecule has 0 bridgehead atoms. The highest BCUT2D eigenvalue weighted by Crippen LogP contribution is 2.51. The molecule has 0 N–H and O–H groups in total. The summed E-state index contributed by atoms with van der Waals surface area (Å²) in [5.74, 6) is 0. The molecular formula is C26H18N2S. The molecule has 0 aliphatic carbocycles. The summed E-state index contributed by atoms with van der Waals surface area (Å²) in [5, 5.41) is 0. The lowest BCUT2D eigenvalue weighted by Gasteiger charge is -2.10. The van der Waals surface area contributed by atoms with Gasteiger partial charge in [0, 0.05) is 56.8 Å². The third-order valence-electron chi connectivity index (χ3n) is 4.88. The summed E-state index contributed by atoms with van der Waals surface area (Å²) in [5.41, 5.74) is 7.16. The van der Waals surface area contributed by atoms with E-state index in [9.17, 15) is 0 Å². The molecule has 3 aromatic heterocycles. The van der Waals surface area contributed by atoms with Crippen molar-refractivity contribution in [2.24, 2.45) is 0 Å². The Kier molecular flexibility index (Phi) is 4.73. The fourth-order valence-electron chi connectivity index (χ4n) is 3.59.